The molecule has 0 aliphatic rings. The zero-order chi connectivity index (χ0) is 14.1. The van der Waals surface area contributed by atoms with Gasteiger partial charge in [0.2, 0.25) is 0 Å². The first-order chi connectivity index (χ1) is 8.70. The fourth-order valence-corrected chi connectivity index (χ4v) is 2.78. The topological polar surface area (TPSA) is 0 Å². The van der Waals surface area contributed by atoms with Crippen molar-refractivity contribution >= 4 is 11.3 Å². The Morgan fingerprint density at radius 1 is 0.722 bits per heavy atom. The lowest BCUT2D eigenvalue weighted by molar-refractivity contribution is 1.35. The van der Waals surface area contributed by atoms with Gasteiger partial charge < -0.3 is 0 Å². The number of thiophene rings is 1. The highest BCUT2D eigenvalue weighted by molar-refractivity contribution is 7.15. The van der Waals surface area contributed by atoms with Gasteiger partial charge in [0.15, 0.2) is 0 Å². The predicted octanol–water partition coefficient (Wildman–Crippen LogP) is 6.39. The Kier molecular flexibility index (Phi) is 8.40. The van der Waals surface area contributed by atoms with Crippen LogP contribution in [-0.4, -0.2) is 0 Å². The summed E-state index contributed by atoms with van der Waals surface area (Å²) in [7, 11) is 0. The number of hydrogen-bond acceptors (Lipinski definition) is 1. The highest BCUT2D eigenvalue weighted by atomic mass is 32.1. The van der Waals surface area contributed by atoms with Crippen LogP contribution in [-0.2, 0) is 0 Å². The fourth-order valence-electron chi connectivity index (χ4n) is 1.61. The lowest BCUT2D eigenvalue weighted by Gasteiger charge is -1.98. The number of benzene rings is 1. The second-order valence-corrected chi connectivity index (χ2v) is 4.83. The minimum atomic E-state index is 1.34. The average molecular weight is 262 g/mol. The SMILES string of the molecule is CC.CC.Cc1sc(-c2ccccc2)c(C)c1C. The van der Waals surface area contributed by atoms with Crippen LogP contribution in [0.2, 0.25) is 0 Å². The predicted molar refractivity (Wildman–Crippen MR) is 86.7 cm³/mol. The molecule has 1 aromatic heterocycles. The summed E-state index contributed by atoms with van der Waals surface area (Å²) >= 11 is 1.89. The van der Waals surface area contributed by atoms with Crippen molar-refractivity contribution in [1.29, 1.82) is 0 Å². The van der Waals surface area contributed by atoms with Gasteiger partial charge in [-0.2, -0.15) is 0 Å². The van der Waals surface area contributed by atoms with Crippen molar-refractivity contribution in [2.75, 3.05) is 0 Å². The molecule has 1 heteroatoms. The Morgan fingerprint density at radius 3 is 1.61 bits per heavy atom. The van der Waals surface area contributed by atoms with Gasteiger partial charge in [0.25, 0.3) is 0 Å². The highest BCUT2D eigenvalue weighted by Gasteiger charge is 2.09. The Labute approximate surface area is 117 Å². The average Bonchev–Trinajstić information content (AvgIpc) is 2.72. The number of aryl methyl sites for hydroxylation is 1. The van der Waals surface area contributed by atoms with Crippen LogP contribution in [0.1, 0.15) is 43.7 Å². The third-order valence-corrected chi connectivity index (χ3v) is 4.08. The van der Waals surface area contributed by atoms with Gasteiger partial charge in [-0.15, -0.1) is 11.3 Å². The standard InChI is InChI=1S/C13H14S.2C2H6/c1-9-10(2)13(14-11(9)3)12-7-5-4-6-8-12;2*1-2/h4-8H,1-3H3;2*1-2H3. The normalized spacial score (nSPS) is 8.83. The van der Waals surface area contributed by atoms with Crippen LogP contribution in [0.3, 0.4) is 0 Å². The van der Waals surface area contributed by atoms with Gasteiger partial charge in [-0.25, -0.2) is 0 Å². The first-order valence-electron chi connectivity index (χ1n) is 6.82. The Bertz CT molecular complexity index is 438. The molecule has 0 N–H and O–H groups in total. The molecule has 0 nitrogen and oxygen atoms in total. The lowest BCUT2D eigenvalue weighted by atomic mass is 10.1. The summed E-state index contributed by atoms with van der Waals surface area (Å²) in [6.07, 6.45) is 0. The molecule has 2 rings (SSSR count). The minimum Gasteiger partial charge on any atom is -0.140 e. The minimum absolute atomic E-state index is 1.34. The maximum Gasteiger partial charge on any atom is 0.0377 e. The molecule has 1 heterocycles. The highest BCUT2D eigenvalue weighted by Crippen LogP contribution is 2.34. The van der Waals surface area contributed by atoms with E-state index in [0.29, 0.717) is 0 Å². The van der Waals surface area contributed by atoms with E-state index in [1.165, 1.54) is 26.4 Å². The number of hydrogen-bond donors (Lipinski definition) is 0. The van der Waals surface area contributed by atoms with Crippen molar-refractivity contribution < 1.29 is 0 Å². The van der Waals surface area contributed by atoms with Crippen LogP contribution in [0.15, 0.2) is 30.3 Å². The summed E-state index contributed by atoms with van der Waals surface area (Å²) in [6.45, 7) is 14.6. The van der Waals surface area contributed by atoms with Crippen molar-refractivity contribution in [2.24, 2.45) is 0 Å². The van der Waals surface area contributed by atoms with Gasteiger partial charge in [-0.05, 0) is 37.5 Å². The van der Waals surface area contributed by atoms with E-state index in [9.17, 15) is 0 Å². The maximum absolute atomic E-state index is 2.21. The second-order valence-electron chi connectivity index (χ2n) is 3.60. The van der Waals surface area contributed by atoms with Crippen molar-refractivity contribution in [3.8, 4) is 10.4 Å². The molecule has 100 valence electrons. The molecule has 1 aromatic carbocycles. The molecule has 0 unspecified atom stereocenters. The second kappa shape index (κ2) is 8.93. The molecule has 0 aliphatic heterocycles. The van der Waals surface area contributed by atoms with Crippen LogP contribution in [0.4, 0.5) is 0 Å². The molecule has 0 aliphatic carbocycles. The Morgan fingerprint density at radius 2 is 1.22 bits per heavy atom. The number of rotatable bonds is 1. The van der Waals surface area contributed by atoms with Crippen molar-refractivity contribution in [3.05, 3.63) is 46.3 Å². The van der Waals surface area contributed by atoms with Gasteiger partial charge in [0, 0.05) is 9.75 Å². The van der Waals surface area contributed by atoms with E-state index in [4.69, 9.17) is 0 Å². The van der Waals surface area contributed by atoms with E-state index in [2.05, 4.69) is 51.1 Å². The van der Waals surface area contributed by atoms with Gasteiger partial charge in [-0.3, -0.25) is 0 Å². The van der Waals surface area contributed by atoms with Gasteiger partial charge >= 0.3 is 0 Å². The summed E-state index contributed by atoms with van der Waals surface area (Å²) < 4.78 is 0. The van der Waals surface area contributed by atoms with Crippen molar-refractivity contribution in [1.82, 2.24) is 0 Å². The van der Waals surface area contributed by atoms with E-state index in [1.807, 2.05) is 39.0 Å². The van der Waals surface area contributed by atoms with E-state index in [0.717, 1.165) is 0 Å². The fraction of sp³-hybridized carbons (Fsp3) is 0.412. The maximum atomic E-state index is 2.21. The molecule has 18 heavy (non-hydrogen) atoms. The molecule has 0 saturated carbocycles. The third-order valence-electron chi connectivity index (χ3n) is 2.72. The summed E-state index contributed by atoms with van der Waals surface area (Å²) in [5.41, 5.74) is 4.21. The van der Waals surface area contributed by atoms with Crippen molar-refractivity contribution in [3.63, 3.8) is 0 Å². The summed E-state index contributed by atoms with van der Waals surface area (Å²) in [5.74, 6) is 0. The summed E-state index contributed by atoms with van der Waals surface area (Å²) in [5, 5.41) is 0. The quantitative estimate of drug-likeness (QED) is 0.558. The smallest absolute Gasteiger partial charge is 0.0377 e. The molecule has 0 spiro atoms. The molecule has 0 saturated heterocycles. The molecule has 0 fully saturated rings. The Hall–Kier alpha value is -1.08. The third kappa shape index (κ3) is 3.99. The molecule has 2 aromatic rings. The van der Waals surface area contributed by atoms with E-state index >= 15 is 0 Å². The van der Waals surface area contributed by atoms with Gasteiger partial charge in [0.1, 0.15) is 0 Å². The van der Waals surface area contributed by atoms with Crippen molar-refractivity contribution in [2.45, 2.75) is 48.5 Å². The summed E-state index contributed by atoms with van der Waals surface area (Å²) in [4.78, 5) is 2.85. The Balaban J connectivity index is 0.000000659. The van der Waals surface area contributed by atoms with Gasteiger partial charge in [-0.1, -0.05) is 58.0 Å². The molecule has 0 atom stereocenters. The van der Waals surface area contributed by atoms with Crippen LogP contribution >= 0.6 is 11.3 Å². The lowest BCUT2D eigenvalue weighted by Crippen LogP contribution is -1.77. The molecular weight excluding hydrogens is 236 g/mol. The van der Waals surface area contributed by atoms with E-state index in [-0.39, 0.29) is 0 Å². The largest absolute Gasteiger partial charge is 0.140 e. The van der Waals surface area contributed by atoms with Crippen LogP contribution in [0, 0.1) is 20.8 Å². The molecule has 0 bridgehead atoms. The molecular formula is C17H26S. The first kappa shape index (κ1) is 16.9. The zero-order valence-corrected chi connectivity index (χ0v) is 13.6. The van der Waals surface area contributed by atoms with Crippen LogP contribution < -0.4 is 0 Å². The van der Waals surface area contributed by atoms with Gasteiger partial charge in [0.05, 0.1) is 0 Å². The van der Waals surface area contributed by atoms with E-state index < -0.39 is 0 Å². The first-order valence-corrected chi connectivity index (χ1v) is 7.64. The monoisotopic (exact) mass is 262 g/mol. The van der Waals surface area contributed by atoms with Crippen LogP contribution in [0.25, 0.3) is 10.4 Å². The van der Waals surface area contributed by atoms with E-state index in [1.54, 1.807) is 0 Å². The molecule has 0 amide bonds. The van der Waals surface area contributed by atoms with Crippen LogP contribution in [0.5, 0.6) is 0 Å². The molecule has 0 radical (unpaired) electrons. The summed E-state index contributed by atoms with van der Waals surface area (Å²) in [6, 6.07) is 10.6. The zero-order valence-electron chi connectivity index (χ0n) is 12.8.